The highest BCUT2D eigenvalue weighted by Gasteiger charge is 2.13. The van der Waals surface area contributed by atoms with Gasteiger partial charge in [-0.15, -0.1) is 11.3 Å². The van der Waals surface area contributed by atoms with Crippen LogP contribution >= 0.6 is 11.3 Å². The normalized spacial score (nSPS) is 10.7. The van der Waals surface area contributed by atoms with Crippen molar-refractivity contribution in [2.75, 3.05) is 6.61 Å². The van der Waals surface area contributed by atoms with Crippen molar-refractivity contribution in [1.29, 1.82) is 0 Å². The topological polar surface area (TPSA) is 94.8 Å². The molecule has 152 valence electrons. The molecule has 0 bridgehead atoms. The Hall–Kier alpha value is -3.59. The van der Waals surface area contributed by atoms with Gasteiger partial charge in [-0.05, 0) is 25.1 Å². The number of nitrogens with one attached hydrogen (secondary N) is 1. The van der Waals surface area contributed by atoms with Gasteiger partial charge in [0.2, 0.25) is 5.91 Å². The molecule has 3 aromatic heterocycles. The molecule has 8 nitrogen and oxygen atoms in total. The molecule has 0 aliphatic rings. The summed E-state index contributed by atoms with van der Waals surface area (Å²) in [6.07, 6.45) is 4.90. The zero-order valence-corrected chi connectivity index (χ0v) is 17.2. The molecule has 0 spiro atoms. The van der Waals surface area contributed by atoms with E-state index in [1.807, 2.05) is 48.7 Å². The van der Waals surface area contributed by atoms with E-state index < -0.39 is 0 Å². The Kier molecular flexibility index (Phi) is 6.09. The van der Waals surface area contributed by atoms with Crippen molar-refractivity contribution < 1.29 is 9.53 Å². The molecule has 4 aromatic rings. The summed E-state index contributed by atoms with van der Waals surface area (Å²) in [7, 11) is 0. The number of nitrogens with zero attached hydrogens (tertiary/aromatic N) is 5. The lowest BCUT2D eigenvalue weighted by Gasteiger charge is -2.09. The lowest BCUT2D eigenvalue weighted by Crippen LogP contribution is -2.25. The molecule has 0 unspecified atom stereocenters. The van der Waals surface area contributed by atoms with Crippen LogP contribution in [0.1, 0.15) is 18.2 Å². The maximum Gasteiger partial charge on any atom is 0.226 e. The average Bonchev–Trinajstić information content (AvgIpc) is 3.46. The fourth-order valence-corrected chi connectivity index (χ4v) is 3.80. The van der Waals surface area contributed by atoms with Gasteiger partial charge in [-0.1, -0.05) is 18.2 Å². The van der Waals surface area contributed by atoms with Crippen LogP contribution in [0.3, 0.4) is 0 Å². The van der Waals surface area contributed by atoms with Gasteiger partial charge in [-0.3, -0.25) is 4.79 Å². The van der Waals surface area contributed by atoms with E-state index in [1.54, 1.807) is 17.2 Å². The van der Waals surface area contributed by atoms with Crippen molar-refractivity contribution in [2.24, 2.45) is 0 Å². The molecule has 1 amide bonds. The van der Waals surface area contributed by atoms with E-state index in [4.69, 9.17) is 4.74 Å². The van der Waals surface area contributed by atoms with Gasteiger partial charge in [0, 0.05) is 23.7 Å². The summed E-state index contributed by atoms with van der Waals surface area (Å²) < 4.78 is 7.25. The third-order valence-electron chi connectivity index (χ3n) is 4.29. The maximum absolute atomic E-state index is 12.5. The number of amides is 1. The minimum atomic E-state index is -0.113. The molecular weight excluding hydrogens is 400 g/mol. The number of carbonyl (C=O) groups is 1. The SMILES string of the molecule is CCOc1ccccc1-c1nc(CC(=O)NCc2cccnc2-n2cncn2)cs1. The van der Waals surface area contributed by atoms with Crippen LogP contribution in [0.2, 0.25) is 0 Å². The number of pyridine rings is 1. The van der Waals surface area contributed by atoms with Gasteiger partial charge in [0.1, 0.15) is 23.4 Å². The van der Waals surface area contributed by atoms with Crippen molar-refractivity contribution in [3.63, 3.8) is 0 Å². The lowest BCUT2D eigenvalue weighted by atomic mass is 10.2. The Labute approximate surface area is 177 Å². The number of rotatable bonds is 8. The van der Waals surface area contributed by atoms with Crippen LogP contribution in [0, 0.1) is 0 Å². The van der Waals surface area contributed by atoms with E-state index >= 15 is 0 Å². The van der Waals surface area contributed by atoms with E-state index in [9.17, 15) is 4.79 Å². The summed E-state index contributed by atoms with van der Waals surface area (Å²) in [6.45, 7) is 2.87. The number of thiazole rings is 1. The largest absolute Gasteiger partial charge is 0.493 e. The van der Waals surface area contributed by atoms with Crippen LogP contribution in [0.5, 0.6) is 5.75 Å². The van der Waals surface area contributed by atoms with Gasteiger partial charge in [0.05, 0.1) is 24.3 Å². The van der Waals surface area contributed by atoms with Crippen LogP contribution in [-0.2, 0) is 17.8 Å². The molecule has 0 aliphatic heterocycles. The van der Waals surface area contributed by atoms with Crippen molar-refractivity contribution >= 4 is 17.2 Å². The minimum absolute atomic E-state index is 0.113. The maximum atomic E-state index is 12.5. The third-order valence-corrected chi connectivity index (χ3v) is 5.21. The van der Waals surface area contributed by atoms with Gasteiger partial charge in [-0.2, -0.15) is 5.10 Å². The lowest BCUT2D eigenvalue weighted by molar-refractivity contribution is -0.120. The molecule has 9 heteroatoms. The van der Waals surface area contributed by atoms with Gasteiger partial charge >= 0.3 is 0 Å². The second-order valence-corrected chi connectivity index (χ2v) is 7.21. The quantitative estimate of drug-likeness (QED) is 0.471. The predicted octanol–water partition coefficient (Wildman–Crippen LogP) is 3.04. The van der Waals surface area contributed by atoms with Gasteiger partial charge < -0.3 is 10.1 Å². The highest BCUT2D eigenvalue weighted by molar-refractivity contribution is 7.13. The first-order valence-corrected chi connectivity index (χ1v) is 10.3. The van der Waals surface area contributed by atoms with Crippen molar-refractivity contribution in [3.8, 4) is 22.1 Å². The van der Waals surface area contributed by atoms with Crippen LogP contribution < -0.4 is 10.1 Å². The van der Waals surface area contributed by atoms with E-state index in [0.717, 1.165) is 27.6 Å². The number of aromatic nitrogens is 5. The Morgan fingerprint density at radius 1 is 1.23 bits per heavy atom. The van der Waals surface area contributed by atoms with E-state index in [-0.39, 0.29) is 12.3 Å². The van der Waals surface area contributed by atoms with E-state index in [1.165, 1.54) is 17.7 Å². The second-order valence-electron chi connectivity index (χ2n) is 6.35. The Bertz CT molecular complexity index is 1130. The molecule has 0 atom stereocenters. The fourth-order valence-electron chi connectivity index (χ4n) is 2.95. The number of para-hydroxylation sites is 1. The second kappa shape index (κ2) is 9.27. The summed E-state index contributed by atoms with van der Waals surface area (Å²) in [5.74, 6) is 1.32. The van der Waals surface area contributed by atoms with Crippen molar-refractivity contribution in [3.05, 3.63) is 71.9 Å². The Morgan fingerprint density at radius 2 is 2.13 bits per heavy atom. The molecule has 0 saturated carbocycles. The van der Waals surface area contributed by atoms with Gasteiger partial charge in [0.15, 0.2) is 5.82 Å². The summed E-state index contributed by atoms with van der Waals surface area (Å²) in [6, 6.07) is 11.5. The smallest absolute Gasteiger partial charge is 0.226 e. The highest BCUT2D eigenvalue weighted by atomic mass is 32.1. The molecule has 30 heavy (non-hydrogen) atoms. The fraction of sp³-hybridized carbons (Fsp3) is 0.190. The number of hydrogen-bond acceptors (Lipinski definition) is 7. The molecule has 4 rings (SSSR count). The van der Waals surface area contributed by atoms with Crippen LogP contribution in [-0.4, -0.2) is 37.2 Å². The molecule has 3 heterocycles. The molecule has 0 fully saturated rings. The average molecular weight is 420 g/mol. The number of hydrogen-bond donors (Lipinski definition) is 1. The summed E-state index contributed by atoms with van der Waals surface area (Å²) in [4.78, 5) is 25.4. The minimum Gasteiger partial charge on any atom is -0.493 e. The molecular formula is C21H20N6O2S. The van der Waals surface area contributed by atoms with Crippen molar-refractivity contribution in [2.45, 2.75) is 19.9 Å². The summed E-state index contributed by atoms with van der Waals surface area (Å²) >= 11 is 1.50. The molecule has 0 aliphatic carbocycles. The monoisotopic (exact) mass is 420 g/mol. The van der Waals surface area contributed by atoms with Crippen molar-refractivity contribution in [1.82, 2.24) is 30.0 Å². The molecule has 0 saturated heterocycles. The molecule has 1 aromatic carbocycles. The first-order chi connectivity index (χ1) is 14.7. The van der Waals surface area contributed by atoms with E-state index in [0.29, 0.717) is 19.0 Å². The first kappa shape index (κ1) is 19.7. The Balaban J connectivity index is 1.41. The van der Waals surface area contributed by atoms with Gasteiger partial charge in [0.25, 0.3) is 0 Å². The molecule has 0 radical (unpaired) electrons. The van der Waals surface area contributed by atoms with E-state index in [2.05, 4.69) is 25.4 Å². The predicted molar refractivity (Wildman–Crippen MR) is 113 cm³/mol. The third kappa shape index (κ3) is 4.52. The zero-order valence-electron chi connectivity index (χ0n) is 16.4. The van der Waals surface area contributed by atoms with Gasteiger partial charge in [-0.25, -0.2) is 19.6 Å². The molecule has 1 N–H and O–H groups in total. The zero-order chi connectivity index (χ0) is 20.8. The number of carbonyl (C=O) groups excluding carboxylic acids is 1. The van der Waals surface area contributed by atoms with Crippen LogP contribution in [0.25, 0.3) is 16.4 Å². The van der Waals surface area contributed by atoms with Crippen LogP contribution in [0.4, 0.5) is 0 Å². The van der Waals surface area contributed by atoms with Crippen LogP contribution in [0.15, 0.2) is 60.6 Å². The Morgan fingerprint density at radius 3 is 2.97 bits per heavy atom. The highest BCUT2D eigenvalue weighted by Crippen LogP contribution is 2.32. The number of benzene rings is 1. The first-order valence-electron chi connectivity index (χ1n) is 9.46. The summed E-state index contributed by atoms with van der Waals surface area (Å²) in [5.41, 5.74) is 2.51. The summed E-state index contributed by atoms with van der Waals surface area (Å²) in [5, 5.41) is 9.78. The number of ether oxygens (including phenoxy) is 1. The standard InChI is InChI=1S/C21H20N6O2S/c1-2-29-18-8-4-3-7-17(18)21-26-16(12-30-21)10-19(28)24-11-15-6-5-9-23-20(15)27-14-22-13-25-27/h3-9,12-14H,2,10-11H2,1H3,(H,24,28).